The van der Waals surface area contributed by atoms with Crippen molar-refractivity contribution in [3.05, 3.63) is 65.4 Å². The normalized spacial score (nSPS) is 17.9. The van der Waals surface area contributed by atoms with Crippen molar-refractivity contribution in [2.24, 2.45) is 5.73 Å². The Morgan fingerprint density at radius 1 is 1.03 bits per heavy atom. The molecule has 3 aromatic rings. The number of carbonyl (C=O) groups is 1. The summed E-state index contributed by atoms with van der Waals surface area (Å²) in [6.07, 6.45) is 4.78. The number of hydrogen-bond acceptors (Lipinski definition) is 5. The zero-order valence-electron chi connectivity index (χ0n) is 20.8. The summed E-state index contributed by atoms with van der Waals surface area (Å²) in [7, 11) is -6.54. The molecule has 1 aliphatic heterocycles. The van der Waals surface area contributed by atoms with Crippen molar-refractivity contribution in [1.82, 2.24) is 13.6 Å². The van der Waals surface area contributed by atoms with Gasteiger partial charge in [0.15, 0.2) is 0 Å². The Hall–Kier alpha value is -2.73. The topological polar surface area (TPSA) is 132 Å². The molecule has 37 heavy (non-hydrogen) atoms. The summed E-state index contributed by atoms with van der Waals surface area (Å²) in [6, 6.07) is 13.0. The molecule has 11 heteroatoms. The number of piperidine rings is 1. The van der Waals surface area contributed by atoms with Crippen LogP contribution in [0.15, 0.2) is 48.7 Å². The van der Waals surface area contributed by atoms with Gasteiger partial charge in [-0.05, 0) is 67.9 Å². The van der Waals surface area contributed by atoms with Crippen LogP contribution in [-0.4, -0.2) is 55.7 Å². The van der Waals surface area contributed by atoms with Crippen LogP contribution in [0.25, 0.3) is 16.6 Å². The lowest BCUT2D eigenvalue weighted by atomic mass is 9.89. The number of hydrogen-bond donors (Lipinski definition) is 2. The highest BCUT2D eigenvalue weighted by Crippen LogP contribution is 2.37. The molecule has 3 N–H and O–H groups in total. The van der Waals surface area contributed by atoms with Crippen molar-refractivity contribution < 1.29 is 21.6 Å². The second-order valence-corrected chi connectivity index (χ2v) is 14.1. The smallest absolute Gasteiger partial charge is 0.250 e. The Morgan fingerprint density at radius 3 is 2.38 bits per heavy atom. The van der Waals surface area contributed by atoms with Gasteiger partial charge in [-0.2, -0.15) is 0 Å². The molecule has 1 aliphatic carbocycles. The summed E-state index contributed by atoms with van der Waals surface area (Å²) < 4.78 is 55.4. The zero-order valence-corrected chi connectivity index (χ0v) is 22.4. The number of sulfonamides is 2. The Bertz CT molecular complexity index is 1550. The van der Waals surface area contributed by atoms with E-state index in [1.165, 1.54) is 0 Å². The predicted octanol–water partition coefficient (Wildman–Crippen LogP) is 2.84. The van der Waals surface area contributed by atoms with Crippen LogP contribution in [0.4, 0.5) is 0 Å². The van der Waals surface area contributed by atoms with E-state index in [1.54, 1.807) is 17.3 Å². The summed E-state index contributed by atoms with van der Waals surface area (Å²) in [5.41, 5.74) is 9.49. The Kier molecular flexibility index (Phi) is 6.90. The zero-order chi connectivity index (χ0) is 26.4. The van der Waals surface area contributed by atoms with E-state index in [0.29, 0.717) is 49.9 Å². The quantitative estimate of drug-likeness (QED) is 0.428. The molecule has 5 rings (SSSR count). The minimum Gasteiger partial charge on any atom is -0.366 e. The van der Waals surface area contributed by atoms with Gasteiger partial charge in [0.05, 0.1) is 22.1 Å². The van der Waals surface area contributed by atoms with Gasteiger partial charge in [-0.15, -0.1) is 0 Å². The lowest BCUT2D eigenvalue weighted by Gasteiger charge is -2.30. The van der Waals surface area contributed by atoms with Crippen molar-refractivity contribution in [2.75, 3.05) is 18.8 Å². The highest BCUT2D eigenvalue weighted by Gasteiger charge is 2.35. The van der Waals surface area contributed by atoms with Crippen LogP contribution < -0.4 is 10.5 Å². The van der Waals surface area contributed by atoms with Gasteiger partial charge >= 0.3 is 0 Å². The molecule has 0 spiro atoms. The third-order valence-corrected chi connectivity index (χ3v) is 11.2. The van der Waals surface area contributed by atoms with Gasteiger partial charge in [-0.1, -0.05) is 24.3 Å². The highest BCUT2D eigenvalue weighted by molar-refractivity contribution is 7.90. The summed E-state index contributed by atoms with van der Waals surface area (Å²) in [5.74, 6) is -0.316. The first-order valence-corrected chi connectivity index (χ1v) is 15.8. The molecule has 0 bridgehead atoms. The molecule has 2 aromatic carbocycles. The fourth-order valence-electron chi connectivity index (χ4n) is 5.16. The molecule has 9 nitrogen and oxygen atoms in total. The summed E-state index contributed by atoms with van der Waals surface area (Å²) in [5, 5.41) is 0.622. The number of aromatic nitrogens is 1. The minimum atomic E-state index is -3.31. The average Bonchev–Trinajstić information content (AvgIpc) is 3.69. The molecule has 2 heterocycles. The van der Waals surface area contributed by atoms with Crippen molar-refractivity contribution in [1.29, 1.82) is 0 Å². The lowest BCUT2D eigenvalue weighted by Crippen LogP contribution is -2.38. The second kappa shape index (κ2) is 9.86. The fraction of sp³-hybridized carbons (Fsp3) is 0.423. The first kappa shape index (κ1) is 25.9. The van der Waals surface area contributed by atoms with Crippen LogP contribution in [0.1, 0.15) is 60.0 Å². The van der Waals surface area contributed by atoms with E-state index < -0.39 is 26.0 Å². The third-order valence-electron chi connectivity index (χ3n) is 7.40. The van der Waals surface area contributed by atoms with Gasteiger partial charge in [0.2, 0.25) is 20.0 Å². The Morgan fingerprint density at radius 2 is 1.73 bits per heavy atom. The lowest BCUT2D eigenvalue weighted by molar-refractivity contribution is 0.100. The van der Waals surface area contributed by atoms with Crippen molar-refractivity contribution in [3.8, 4) is 5.69 Å². The van der Waals surface area contributed by atoms with Crippen LogP contribution in [0.3, 0.4) is 0 Å². The Balaban J connectivity index is 1.51. The third kappa shape index (κ3) is 5.18. The largest absolute Gasteiger partial charge is 0.366 e. The number of rotatable bonds is 9. The number of nitrogens with two attached hydrogens (primary N) is 1. The number of benzene rings is 2. The maximum Gasteiger partial charge on any atom is 0.250 e. The van der Waals surface area contributed by atoms with Gasteiger partial charge < -0.3 is 10.3 Å². The molecule has 1 saturated heterocycles. The van der Waals surface area contributed by atoms with Crippen LogP contribution in [0.5, 0.6) is 0 Å². The number of fused-ring (bicyclic) bond motifs is 1. The summed E-state index contributed by atoms with van der Waals surface area (Å²) in [6.45, 7) is 2.76. The monoisotopic (exact) mass is 544 g/mol. The van der Waals surface area contributed by atoms with Crippen molar-refractivity contribution in [3.63, 3.8) is 0 Å². The molecule has 198 valence electrons. The van der Waals surface area contributed by atoms with Crippen LogP contribution in [0, 0.1) is 0 Å². The van der Waals surface area contributed by atoms with Gasteiger partial charge in [0.25, 0.3) is 5.91 Å². The van der Waals surface area contributed by atoms with E-state index in [1.807, 2.05) is 47.2 Å². The second-order valence-electron chi connectivity index (χ2n) is 9.83. The predicted molar refractivity (Wildman–Crippen MR) is 144 cm³/mol. The molecule has 2 fully saturated rings. The highest BCUT2D eigenvalue weighted by atomic mass is 32.2. The molecule has 2 aliphatic rings. The number of primary amides is 1. The molecule has 1 saturated carbocycles. The fourth-order valence-corrected chi connectivity index (χ4v) is 7.65. The van der Waals surface area contributed by atoms with Crippen LogP contribution in [-0.2, 0) is 26.6 Å². The number of carbonyl (C=O) groups excluding carboxylic acids is 1. The van der Waals surface area contributed by atoms with Crippen molar-refractivity contribution in [2.45, 2.75) is 50.3 Å². The molecule has 1 aromatic heterocycles. The number of nitrogens with one attached hydrogen (secondary N) is 1. The van der Waals surface area contributed by atoms with E-state index in [2.05, 4.69) is 4.72 Å². The average molecular weight is 545 g/mol. The molecule has 0 unspecified atom stereocenters. The van der Waals surface area contributed by atoms with Crippen LogP contribution in [0.2, 0.25) is 0 Å². The maximum atomic E-state index is 12.4. The minimum absolute atomic E-state index is 0.0894. The van der Waals surface area contributed by atoms with Gasteiger partial charge in [0, 0.05) is 36.9 Å². The first-order valence-electron chi connectivity index (χ1n) is 12.6. The molecule has 0 atom stereocenters. The molecule has 1 amide bonds. The van der Waals surface area contributed by atoms with Crippen molar-refractivity contribution >= 4 is 36.9 Å². The molecule has 0 radical (unpaired) electrons. The van der Waals surface area contributed by atoms with Gasteiger partial charge in [-0.3, -0.25) is 4.79 Å². The van der Waals surface area contributed by atoms with E-state index >= 15 is 0 Å². The SMILES string of the molecule is CCS(=O)(=O)N1CCC(c2cn(-c3cccc(CNS(=O)(=O)C4CC4)c3)c3c(C(N)=O)cccc23)CC1. The van der Waals surface area contributed by atoms with E-state index in [0.717, 1.165) is 22.2 Å². The Labute approximate surface area is 217 Å². The first-order chi connectivity index (χ1) is 17.6. The van der Waals surface area contributed by atoms with E-state index in [9.17, 15) is 21.6 Å². The number of nitrogens with zero attached hydrogens (tertiary/aromatic N) is 2. The van der Waals surface area contributed by atoms with E-state index in [-0.39, 0.29) is 23.5 Å². The summed E-state index contributed by atoms with van der Waals surface area (Å²) >= 11 is 0. The van der Waals surface area contributed by atoms with E-state index in [4.69, 9.17) is 5.73 Å². The number of para-hydroxylation sites is 1. The maximum absolute atomic E-state index is 12.4. The van der Waals surface area contributed by atoms with Gasteiger partial charge in [0.1, 0.15) is 0 Å². The number of amides is 1. The van der Waals surface area contributed by atoms with Gasteiger partial charge in [-0.25, -0.2) is 25.9 Å². The standard InChI is InChI=1S/C26H32N4O5S2/c1-2-36(32,33)29-13-11-19(12-14-29)24-17-30(25-22(24)7-4-8-23(25)26(27)31)20-6-3-5-18(15-20)16-28-37(34,35)21-9-10-21/h3-8,15,17,19,21,28H,2,9-14,16H2,1H3,(H2,27,31). The van der Waals surface area contributed by atoms with Crippen LogP contribution >= 0.6 is 0 Å². The molecular weight excluding hydrogens is 512 g/mol. The molecular formula is C26H32N4O5S2. The summed E-state index contributed by atoms with van der Waals surface area (Å²) in [4.78, 5) is 12.4.